The van der Waals surface area contributed by atoms with Crippen molar-refractivity contribution in [2.45, 2.75) is 32.4 Å². The molecule has 0 aromatic carbocycles. The van der Waals surface area contributed by atoms with Crippen LogP contribution in [-0.4, -0.2) is 37.8 Å². The van der Waals surface area contributed by atoms with Gasteiger partial charge >= 0.3 is 0 Å². The van der Waals surface area contributed by atoms with E-state index in [9.17, 15) is 4.39 Å². The smallest absolute Gasteiger partial charge is 0.141 e. The Morgan fingerprint density at radius 3 is 3.11 bits per heavy atom. The normalized spacial score (nSPS) is 19.1. The number of methoxy groups -OCH3 is 1. The molecule has 106 valence electrons. The van der Waals surface area contributed by atoms with E-state index in [0.717, 1.165) is 43.9 Å². The predicted octanol–water partition coefficient (Wildman–Crippen LogP) is 1.95. The molecule has 1 atom stereocenters. The van der Waals surface area contributed by atoms with E-state index in [1.165, 1.54) is 6.20 Å². The van der Waals surface area contributed by atoms with Gasteiger partial charge in [0.2, 0.25) is 0 Å². The summed E-state index contributed by atoms with van der Waals surface area (Å²) >= 11 is 0. The monoisotopic (exact) mass is 267 g/mol. The van der Waals surface area contributed by atoms with Crippen LogP contribution >= 0.6 is 0 Å². The standard InChI is InChI=1S/C14H22FN3O/c1-3-5-16-8-11-7-12(15)9-17-14(11)18-6-4-13(10-18)19-2/h7,9,13,16H,3-6,8,10H2,1-2H3. The molecule has 2 rings (SSSR count). The Morgan fingerprint density at radius 2 is 2.42 bits per heavy atom. The summed E-state index contributed by atoms with van der Waals surface area (Å²) in [5, 5.41) is 3.30. The Labute approximate surface area is 114 Å². The number of halogens is 1. The molecule has 0 aliphatic carbocycles. The maximum absolute atomic E-state index is 13.4. The maximum Gasteiger partial charge on any atom is 0.141 e. The minimum Gasteiger partial charge on any atom is -0.380 e. The van der Waals surface area contributed by atoms with Crippen molar-refractivity contribution < 1.29 is 9.13 Å². The molecule has 0 spiro atoms. The van der Waals surface area contributed by atoms with Crippen LogP contribution < -0.4 is 10.2 Å². The first-order valence-corrected chi connectivity index (χ1v) is 6.87. The van der Waals surface area contributed by atoms with Gasteiger partial charge < -0.3 is 15.0 Å². The number of pyridine rings is 1. The number of hydrogen-bond acceptors (Lipinski definition) is 4. The Balaban J connectivity index is 2.10. The molecular weight excluding hydrogens is 245 g/mol. The molecule has 2 heterocycles. The van der Waals surface area contributed by atoms with Crippen molar-refractivity contribution in [2.75, 3.05) is 31.6 Å². The molecular formula is C14H22FN3O. The van der Waals surface area contributed by atoms with Crippen molar-refractivity contribution in [2.24, 2.45) is 0 Å². The molecule has 1 aromatic rings. The molecule has 1 aliphatic rings. The fraction of sp³-hybridized carbons (Fsp3) is 0.643. The summed E-state index contributed by atoms with van der Waals surface area (Å²) in [6, 6.07) is 1.57. The fourth-order valence-electron chi connectivity index (χ4n) is 2.40. The highest BCUT2D eigenvalue weighted by atomic mass is 19.1. The lowest BCUT2D eigenvalue weighted by Gasteiger charge is -2.20. The summed E-state index contributed by atoms with van der Waals surface area (Å²) in [7, 11) is 1.73. The Kier molecular flexibility index (Phi) is 5.10. The topological polar surface area (TPSA) is 37.4 Å². The maximum atomic E-state index is 13.4. The molecule has 0 saturated carbocycles. The van der Waals surface area contributed by atoms with Gasteiger partial charge in [-0.25, -0.2) is 9.37 Å². The van der Waals surface area contributed by atoms with Gasteiger partial charge in [-0.3, -0.25) is 0 Å². The quantitative estimate of drug-likeness (QED) is 0.799. The van der Waals surface area contributed by atoms with Crippen molar-refractivity contribution in [3.63, 3.8) is 0 Å². The van der Waals surface area contributed by atoms with Gasteiger partial charge in [0.25, 0.3) is 0 Å². The van der Waals surface area contributed by atoms with Crippen LogP contribution in [0.15, 0.2) is 12.3 Å². The predicted molar refractivity (Wildman–Crippen MR) is 73.8 cm³/mol. The van der Waals surface area contributed by atoms with E-state index in [1.54, 1.807) is 13.2 Å². The van der Waals surface area contributed by atoms with E-state index in [4.69, 9.17) is 4.74 Å². The van der Waals surface area contributed by atoms with Gasteiger partial charge in [0, 0.05) is 32.3 Å². The highest BCUT2D eigenvalue weighted by Crippen LogP contribution is 2.23. The molecule has 1 aliphatic heterocycles. The first-order chi connectivity index (χ1) is 9.24. The van der Waals surface area contributed by atoms with Crippen LogP contribution in [0, 0.1) is 5.82 Å². The molecule has 1 aromatic heterocycles. The van der Waals surface area contributed by atoms with Gasteiger partial charge in [-0.1, -0.05) is 6.92 Å². The van der Waals surface area contributed by atoms with Crippen molar-refractivity contribution in [1.29, 1.82) is 0 Å². The molecule has 4 nitrogen and oxygen atoms in total. The van der Waals surface area contributed by atoms with Gasteiger partial charge in [0.1, 0.15) is 11.6 Å². The molecule has 1 saturated heterocycles. The summed E-state index contributed by atoms with van der Waals surface area (Å²) in [6.07, 6.45) is 3.60. The second-order valence-electron chi connectivity index (χ2n) is 4.91. The fourth-order valence-corrected chi connectivity index (χ4v) is 2.40. The lowest BCUT2D eigenvalue weighted by molar-refractivity contribution is 0.121. The largest absolute Gasteiger partial charge is 0.380 e. The van der Waals surface area contributed by atoms with Crippen molar-refractivity contribution >= 4 is 5.82 Å². The van der Waals surface area contributed by atoms with Gasteiger partial charge in [0.05, 0.1) is 12.3 Å². The van der Waals surface area contributed by atoms with E-state index >= 15 is 0 Å². The van der Waals surface area contributed by atoms with Gasteiger partial charge in [-0.05, 0) is 25.5 Å². The highest BCUT2D eigenvalue weighted by Gasteiger charge is 2.24. The second kappa shape index (κ2) is 6.82. The summed E-state index contributed by atoms with van der Waals surface area (Å²) in [4.78, 5) is 6.44. The van der Waals surface area contributed by atoms with Crippen LogP contribution in [-0.2, 0) is 11.3 Å². The van der Waals surface area contributed by atoms with Crippen LogP contribution in [0.2, 0.25) is 0 Å². The lowest BCUT2D eigenvalue weighted by atomic mass is 10.2. The first kappa shape index (κ1) is 14.2. The highest BCUT2D eigenvalue weighted by molar-refractivity contribution is 5.48. The van der Waals surface area contributed by atoms with Crippen LogP contribution in [0.3, 0.4) is 0 Å². The first-order valence-electron chi connectivity index (χ1n) is 6.87. The summed E-state index contributed by atoms with van der Waals surface area (Å²) in [5.74, 6) is 0.601. The summed E-state index contributed by atoms with van der Waals surface area (Å²) < 4.78 is 18.7. The number of aromatic nitrogens is 1. The Bertz CT molecular complexity index is 414. The zero-order valence-corrected chi connectivity index (χ0v) is 11.7. The Hall–Kier alpha value is -1.20. The third kappa shape index (κ3) is 3.64. The molecule has 5 heteroatoms. The average molecular weight is 267 g/mol. The molecule has 0 amide bonds. The number of rotatable bonds is 6. The van der Waals surface area contributed by atoms with Gasteiger partial charge in [0.15, 0.2) is 0 Å². The number of ether oxygens (including phenoxy) is 1. The SMILES string of the molecule is CCCNCc1cc(F)cnc1N1CCC(OC)C1. The van der Waals surface area contributed by atoms with Crippen LogP contribution in [0.4, 0.5) is 10.2 Å². The Morgan fingerprint density at radius 1 is 1.58 bits per heavy atom. The molecule has 0 radical (unpaired) electrons. The van der Waals surface area contributed by atoms with E-state index in [0.29, 0.717) is 6.54 Å². The van der Waals surface area contributed by atoms with Crippen molar-refractivity contribution in [3.8, 4) is 0 Å². The van der Waals surface area contributed by atoms with E-state index in [2.05, 4.69) is 22.1 Å². The van der Waals surface area contributed by atoms with Crippen molar-refractivity contribution in [3.05, 3.63) is 23.6 Å². The minimum atomic E-state index is -0.278. The van der Waals surface area contributed by atoms with Gasteiger partial charge in [-0.15, -0.1) is 0 Å². The van der Waals surface area contributed by atoms with E-state index < -0.39 is 0 Å². The molecule has 19 heavy (non-hydrogen) atoms. The molecule has 1 unspecified atom stereocenters. The zero-order valence-electron chi connectivity index (χ0n) is 11.7. The summed E-state index contributed by atoms with van der Waals surface area (Å²) in [6.45, 7) is 5.44. The van der Waals surface area contributed by atoms with Crippen LogP contribution in [0.5, 0.6) is 0 Å². The minimum absolute atomic E-state index is 0.253. The van der Waals surface area contributed by atoms with E-state index in [-0.39, 0.29) is 11.9 Å². The number of anilines is 1. The third-order valence-corrected chi connectivity index (χ3v) is 3.43. The molecule has 1 N–H and O–H groups in total. The number of nitrogens with one attached hydrogen (secondary N) is 1. The average Bonchev–Trinajstić information content (AvgIpc) is 2.88. The molecule has 1 fully saturated rings. The van der Waals surface area contributed by atoms with Crippen LogP contribution in [0.1, 0.15) is 25.3 Å². The number of hydrogen-bond donors (Lipinski definition) is 1. The van der Waals surface area contributed by atoms with Crippen LogP contribution in [0.25, 0.3) is 0 Å². The summed E-state index contributed by atoms with van der Waals surface area (Å²) in [5.41, 5.74) is 0.921. The van der Waals surface area contributed by atoms with E-state index in [1.807, 2.05) is 0 Å². The second-order valence-corrected chi connectivity index (χ2v) is 4.91. The molecule has 0 bridgehead atoms. The zero-order chi connectivity index (χ0) is 13.7. The third-order valence-electron chi connectivity index (χ3n) is 3.43. The number of nitrogens with zero attached hydrogens (tertiary/aromatic N) is 2. The lowest BCUT2D eigenvalue weighted by Crippen LogP contribution is -2.26. The van der Waals surface area contributed by atoms with Crippen molar-refractivity contribution in [1.82, 2.24) is 10.3 Å². The van der Waals surface area contributed by atoms with Gasteiger partial charge in [-0.2, -0.15) is 0 Å².